The molecule has 1 aromatic rings. The first kappa shape index (κ1) is 26.8. The number of carbonyl (C=O) groups excluding carboxylic acids is 1. The van der Waals surface area contributed by atoms with Gasteiger partial charge < -0.3 is 19.6 Å². The van der Waals surface area contributed by atoms with Gasteiger partial charge in [-0.15, -0.1) is 0 Å². The molecule has 0 saturated carbocycles. The molecule has 1 heterocycles. The highest BCUT2D eigenvalue weighted by Crippen LogP contribution is 2.50. The van der Waals surface area contributed by atoms with Gasteiger partial charge in [-0.1, -0.05) is 18.2 Å². The fourth-order valence-electron chi connectivity index (χ4n) is 3.54. The number of aliphatic hydroxyl groups is 1. The molecule has 0 unspecified atom stereocenters. The van der Waals surface area contributed by atoms with E-state index in [2.05, 4.69) is 0 Å². The van der Waals surface area contributed by atoms with Crippen LogP contribution in [0.25, 0.3) is 6.08 Å². The molecule has 0 atom stereocenters. The number of rotatable bonds is 3. The van der Waals surface area contributed by atoms with Crippen LogP contribution in [0, 0.1) is 0 Å². The zero-order chi connectivity index (χ0) is 25.2. The van der Waals surface area contributed by atoms with E-state index in [-0.39, 0.29) is 12.1 Å². The summed E-state index contributed by atoms with van der Waals surface area (Å²) in [5, 5.41) is 9.74. The van der Waals surface area contributed by atoms with E-state index >= 15 is 0 Å². The quantitative estimate of drug-likeness (QED) is 0.580. The van der Waals surface area contributed by atoms with Gasteiger partial charge in [0.1, 0.15) is 5.60 Å². The van der Waals surface area contributed by atoms with Gasteiger partial charge in [-0.3, -0.25) is 0 Å². The molecule has 1 N–H and O–H groups in total. The van der Waals surface area contributed by atoms with Gasteiger partial charge in [0.05, 0.1) is 0 Å². The molecule has 5 nitrogen and oxygen atoms in total. The maximum atomic E-state index is 13.3. The molecule has 11 heteroatoms. The molecule has 1 saturated heterocycles. The zero-order valence-corrected chi connectivity index (χ0v) is 18.8. The number of hydrogen-bond acceptors (Lipinski definition) is 4. The number of carbonyl (C=O) groups is 1. The molecule has 0 aliphatic carbocycles. The van der Waals surface area contributed by atoms with Crippen LogP contribution >= 0.6 is 0 Å². The summed E-state index contributed by atoms with van der Waals surface area (Å²) in [4.78, 5) is 15.7. The molecular formula is C22H28F6N2O3. The highest BCUT2D eigenvalue weighted by molar-refractivity contribution is 5.70. The summed E-state index contributed by atoms with van der Waals surface area (Å²) in [5.74, 6) is 0. The molecule has 1 aliphatic rings. The third-order valence-electron chi connectivity index (χ3n) is 5.10. The van der Waals surface area contributed by atoms with Gasteiger partial charge in [-0.2, -0.15) is 26.3 Å². The Kier molecular flexibility index (Phi) is 7.67. The standard InChI is InChI=1S/C22H28F6N2O3/c1-5-7-15-14-16(20(32,21(23,24)25)22(26,27)28)8-9-17(15)29-10-6-11-30(13-12-29)18(31)33-19(2,3)4/h5,7-9,14,32H,6,10-13H2,1-4H3. The van der Waals surface area contributed by atoms with Gasteiger partial charge in [0.2, 0.25) is 0 Å². The summed E-state index contributed by atoms with van der Waals surface area (Å²) in [5.41, 5.74) is -6.50. The van der Waals surface area contributed by atoms with Gasteiger partial charge in [0, 0.05) is 37.4 Å². The zero-order valence-electron chi connectivity index (χ0n) is 18.8. The van der Waals surface area contributed by atoms with Crippen LogP contribution in [-0.2, 0) is 10.3 Å². The third-order valence-corrected chi connectivity index (χ3v) is 5.10. The van der Waals surface area contributed by atoms with Crippen LogP contribution in [0.4, 0.5) is 36.8 Å². The monoisotopic (exact) mass is 482 g/mol. The predicted molar refractivity (Wildman–Crippen MR) is 112 cm³/mol. The van der Waals surface area contributed by atoms with Crippen molar-refractivity contribution in [1.82, 2.24) is 4.90 Å². The van der Waals surface area contributed by atoms with Gasteiger partial charge in [0.15, 0.2) is 0 Å². The molecule has 0 spiro atoms. The Hall–Kier alpha value is -2.43. The normalized spacial score (nSPS) is 16.8. The van der Waals surface area contributed by atoms with Gasteiger partial charge >= 0.3 is 18.4 Å². The smallest absolute Gasteiger partial charge is 0.430 e. The number of hydrogen-bond donors (Lipinski definition) is 1. The largest absolute Gasteiger partial charge is 0.444 e. The molecule has 1 fully saturated rings. The Morgan fingerprint density at radius 3 is 2.12 bits per heavy atom. The SMILES string of the molecule is CC=Cc1cc(C(O)(C(F)(F)F)C(F)(F)F)ccc1N1CCCN(C(=O)OC(C)(C)C)CC1. The molecule has 33 heavy (non-hydrogen) atoms. The average molecular weight is 482 g/mol. The lowest BCUT2D eigenvalue weighted by atomic mass is 9.90. The second-order valence-electron chi connectivity index (χ2n) is 8.79. The lowest BCUT2D eigenvalue weighted by molar-refractivity contribution is -0.376. The minimum Gasteiger partial charge on any atom is -0.444 e. The van der Waals surface area contributed by atoms with E-state index in [1.807, 2.05) is 0 Å². The Balaban J connectivity index is 2.38. The van der Waals surface area contributed by atoms with Crippen molar-refractivity contribution in [3.05, 3.63) is 35.4 Å². The summed E-state index contributed by atoms with van der Waals surface area (Å²) in [6, 6.07) is 2.48. The molecular weight excluding hydrogens is 454 g/mol. The average Bonchev–Trinajstić information content (AvgIpc) is 2.90. The van der Waals surface area contributed by atoms with Gasteiger partial charge in [0.25, 0.3) is 5.60 Å². The van der Waals surface area contributed by atoms with E-state index in [0.29, 0.717) is 43.9 Å². The molecule has 1 aliphatic heterocycles. The van der Waals surface area contributed by atoms with E-state index in [1.54, 1.807) is 32.6 Å². The van der Waals surface area contributed by atoms with Crippen LogP contribution in [0.3, 0.4) is 0 Å². The molecule has 1 amide bonds. The fourth-order valence-corrected chi connectivity index (χ4v) is 3.54. The van der Waals surface area contributed by atoms with E-state index in [9.17, 15) is 36.2 Å². The van der Waals surface area contributed by atoms with Crippen molar-refractivity contribution >= 4 is 17.9 Å². The van der Waals surface area contributed by atoms with Crippen molar-refractivity contribution < 1.29 is 41.0 Å². The summed E-state index contributed by atoms with van der Waals surface area (Å²) in [7, 11) is 0. The Labute approximate surface area is 188 Å². The van der Waals surface area contributed by atoms with Crippen LogP contribution in [0.5, 0.6) is 0 Å². The number of halogens is 6. The van der Waals surface area contributed by atoms with Crippen molar-refractivity contribution in [2.75, 3.05) is 31.1 Å². The lowest BCUT2D eigenvalue weighted by Gasteiger charge is -2.33. The Bertz CT molecular complexity index is 860. The predicted octanol–water partition coefficient (Wildman–Crippen LogP) is 5.48. The summed E-state index contributed by atoms with van der Waals surface area (Å²) >= 11 is 0. The Morgan fingerprint density at radius 1 is 1.00 bits per heavy atom. The fraction of sp³-hybridized carbons (Fsp3) is 0.591. The van der Waals surface area contributed by atoms with Crippen molar-refractivity contribution in [3.63, 3.8) is 0 Å². The number of alkyl halides is 6. The first-order chi connectivity index (χ1) is 15.0. The molecule has 0 bridgehead atoms. The second-order valence-corrected chi connectivity index (χ2v) is 8.79. The van der Waals surface area contributed by atoms with E-state index in [4.69, 9.17) is 4.74 Å². The minimum atomic E-state index is -5.96. The van der Waals surface area contributed by atoms with Gasteiger partial charge in [-0.25, -0.2) is 4.79 Å². The van der Waals surface area contributed by atoms with E-state index in [0.717, 1.165) is 6.07 Å². The van der Waals surface area contributed by atoms with Gasteiger partial charge in [-0.05, 0) is 51.8 Å². The second kappa shape index (κ2) is 9.44. The highest BCUT2D eigenvalue weighted by Gasteiger charge is 2.71. The first-order valence-electron chi connectivity index (χ1n) is 10.4. The molecule has 2 rings (SSSR count). The number of ether oxygens (including phenoxy) is 1. The van der Waals surface area contributed by atoms with Crippen molar-refractivity contribution in [2.45, 2.75) is 57.7 Å². The lowest BCUT2D eigenvalue weighted by Crippen LogP contribution is -2.54. The van der Waals surface area contributed by atoms with Crippen LogP contribution in [0.1, 0.15) is 45.2 Å². The first-order valence-corrected chi connectivity index (χ1v) is 10.4. The molecule has 0 radical (unpaired) electrons. The third kappa shape index (κ3) is 5.93. The highest BCUT2D eigenvalue weighted by atomic mass is 19.4. The van der Waals surface area contributed by atoms with E-state index < -0.39 is 35.2 Å². The maximum Gasteiger partial charge on any atom is 0.430 e. The number of nitrogens with zero attached hydrogens (tertiary/aromatic N) is 2. The van der Waals surface area contributed by atoms with E-state index in [1.165, 1.54) is 17.1 Å². The number of amides is 1. The molecule has 1 aromatic carbocycles. The molecule has 186 valence electrons. The van der Waals surface area contributed by atoms with Crippen LogP contribution in [0.15, 0.2) is 24.3 Å². The summed E-state index contributed by atoms with van der Waals surface area (Å²) < 4.78 is 85.2. The molecule has 0 aromatic heterocycles. The van der Waals surface area contributed by atoms with Crippen molar-refractivity contribution in [3.8, 4) is 0 Å². The maximum absolute atomic E-state index is 13.3. The van der Waals surface area contributed by atoms with Crippen molar-refractivity contribution in [1.29, 1.82) is 0 Å². The van der Waals surface area contributed by atoms with Crippen molar-refractivity contribution in [2.24, 2.45) is 0 Å². The number of benzene rings is 1. The Morgan fingerprint density at radius 2 is 1.61 bits per heavy atom. The topological polar surface area (TPSA) is 53.0 Å². The number of anilines is 1. The minimum absolute atomic E-state index is 0.0904. The van der Waals surface area contributed by atoms with Crippen LogP contribution < -0.4 is 4.90 Å². The summed E-state index contributed by atoms with van der Waals surface area (Å²) in [6.07, 6.45) is -9.04. The van der Waals surface area contributed by atoms with Crippen LogP contribution in [0.2, 0.25) is 0 Å². The summed E-state index contributed by atoms with van der Waals surface area (Å²) in [6.45, 7) is 8.17. The van der Waals surface area contributed by atoms with Crippen LogP contribution in [-0.4, -0.2) is 60.2 Å². The number of allylic oxidation sites excluding steroid dienone is 1.